The lowest BCUT2D eigenvalue weighted by atomic mass is 9.88. The third-order valence-corrected chi connectivity index (χ3v) is 7.54. The standard InChI is InChI=1S/C21H28N2O3S2/c1-14(2)23-28(25,26)13-17-7-5-4-6-16(17)11-22-21(24)19-12-27-20-10-15(3)8-9-18(19)20/h4-7,12,14-15,23H,8-11,13H2,1-3H3,(H,22,24). The fourth-order valence-electron chi connectivity index (χ4n) is 3.61. The number of rotatable bonds is 7. The van der Waals surface area contributed by atoms with Crippen LogP contribution in [0, 0.1) is 5.92 Å². The van der Waals surface area contributed by atoms with Crippen molar-refractivity contribution in [3.05, 3.63) is 56.8 Å². The topological polar surface area (TPSA) is 75.3 Å². The van der Waals surface area contributed by atoms with E-state index in [9.17, 15) is 13.2 Å². The quantitative estimate of drug-likeness (QED) is 0.718. The van der Waals surface area contributed by atoms with Gasteiger partial charge < -0.3 is 5.32 Å². The van der Waals surface area contributed by atoms with Gasteiger partial charge >= 0.3 is 0 Å². The first kappa shape index (κ1) is 21.0. The average molecular weight is 421 g/mol. The molecule has 1 unspecified atom stereocenters. The third kappa shape index (κ3) is 5.21. The van der Waals surface area contributed by atoms with Crippen molar-refractivity contribution in [2.24, 2.45) is 5.92 Å². The summed E-state index contributed by atoms with van der Waals surface area (Å²) in [6.45, 7) is 6.16. The number of amides is 1. The number of nitrogens with one attached hydrogen (secondary N) is 2. The van der Waals surface area contributed by atoms with E-state index in [4.69, 9.17) is 0 Å². The molecule has 7 heteroatoms. The van der Waals surface area contributed by atoms with E-state index in [1.807, 2.05) is 23.6 Å². The minimum Gasteiger partial charge on any atom is -0.348 e. The van der Waals surface area contributed by atoms with Crippen LogP contribution < -0.4 is 10.0 Å². The number of hydrogen-bond donors (Lipinski definition) is 2. The van der Waals surface area contributed by atoms with Crippen molar-refractivity contribution < 1.29 is 13.2 Å². The summed E-state index contributed by atoms with van der Waals surface area (Å²) in [5, 5.41) is 4.94. The van der Waals surface area contributed by atoms with Gasteiger partial charge in [0.15, 0.2) is 0 Å². The van der Waals surface area contributed by atoms with E-state index < -0.39 is 10.0 Å². The highest BCUT2D eigenvalue weighted by Crippen LogP contribution is 2.32. The van der Waals surface area contributed by atoms with Crippen molar-refractivity contribution in [2.75, 3.05) is 0 Å². The van der Waals surface area contributed by atoms with E-state index in [0.717, 1.165) is 30.4 Å². The van der Waals surface area contributed by atoms with Crippen molar-refractivity contribution in [2.45, 2.75) is 58.4 Å². The van der Waals surface area contributed by atoms with Crippen LogP contribution in [-0.4, -0.2) is 20.4 Å². The molecule has 1 aromatic carbocycles. The monoisotopic (exact) mass is 420 g/mol. The van der Waals surface area contributed by atoms with Gasteiger partial charge in [-0.05, 0) is 55.7 Å². The van der Waals surface area contributed by atoms with Gasteiger partial charge in [-0.2, -0.15) is 0 Å². The van der Waals surface area contributed by atoms with Crippen molar-refractivity contribution >= 4 is 27.3 Å². The predicted molar refractivity (Wildman–Crippen MR) is 114 cm³/mol. The summed E-state index contributed by atoms with van der Waals surface area (Å²) >= 11 is 1.67. The number of benzene rings is 1. The van der Waals surface area contributed by atoms with Crippen molar-refractivity contribution in [3.63, 3.8) is 0 Å². The minimum atomic E-state index is -3.42. The van der Waals surface area contributed by atoms with Gasteiger partial charge in [-0.15, -0.1) is 11.3 Å². The normalized spacial score (nSPS) is 16.8. The summed E-state index contributed by atoms with van der Waals surface area (Å²) in [5.41, 5.74) is 3.50. The highest BCUT2D eigenvalue weighted by Gasteiger charge is 2.23. The number of sulfonamides is 1. The minimum absolute atomic E-state index is 0.0787. The largest absolute Gasteiger partial charge is 0.348 e. The molecule has 152 valence electrons. The smallest absolute Gasteiger partial charge is 0.252 e. The molecule has 0 fully saturated rings. The Morgan fingerprint density at radius 3 is 2.68 bits per heavy atom. The number of fused-ring (bicyclic) bond motifs is 1. The maximum atomic E-state index is 12.7. The summed E-state index contributed by atoms with van der Waals surface area (Å²) in [5.74, 6) is 0.503. The van der Waals surface area contributed by atoms with Crippen LogP contribution in [0.4, 0.5) is 0 Å². The van der Waals surface area contributed by atoms with Gasteiger partial charge in [-0.25, -0.2) is 13.1 Å². The summed E-state index contributed by atoms with van der Waals surface area (Å²) in [6, 6.07) is 7.20. The summed E-state index contributed by atoms with van der Waals surface area (Å²) < 4.78 is 27.2. The Hall–Kier alpha value is -1.70. The fourth-order valence-corrected chi connectivity index (χ4v) is 6.35. The van der Waals surface area contributed by atoms with Gasteiger partial charge in [-0.1, -0.05) is 31.2 Å². The van der Waals surface area contributed by atoms with E-state index in [2.05, 4.69) is 17.0 Å². The molecule has 0 saturated carbocycles. The molecule has 0 spiro atoms. The van der Waals surface area contributed by atoms with Crippen LogP contribution in [0.2, 0.25) is 0 Å². The van der Waals surface area contributed by atoms with Crippen LogP contribution in [-0.2, 0) is 35.2 Å². The van der Waals surface area contributed by atoms with Crippen LogP contribution in [0.5, 0.6) is 0 Å². The van der Waals surface area contributed by atoms with Crippen LogP contribution in [0.3, 0.4) is 0 Å². The molecule has 1 aliphatic carbocycles. The molecule has 1 atom stereocenters. The Morgan fingerprint density at radius 1 is 1.25 bits per heavy atom. The van der Waals surface area contributed by atoms with Gasteiger partial charge in [0.25, 0.3) is 5.91 Å². The van der Waals surface area contributed by atoms with Gasteiger partial charge in [-0.3, -0.25) is 4.79 Å². The van der Waals surface area contributed by atoms with Crippen LogP contribution >= 0.6 is 11.3 Å². The van der Waals surface area contributed by atoms with E-state index in [-0.39, 0.29) is 17.7 Å². The van der Waals surface area contributed by atoms with Crippen LogP contribution in [0.1, 0.15) is 59.1 Å². The number of hydrogen-bond acceptors (Lipinski definition) is 4. The third-order valence-electron chi connectivity index (χ3n) is 4.96. The molecule has 0 radical (unpaired) electrons. The molecule has 2 aromatic rings. The fraction of sp³-hybridized carbons (Fsp3) is 0.476. The molecule has 3 rings (SSSR count). The van der Waals surface area contributed by atoms with Gasteiger partial charge in [0.1, 0.15) is 0 Å². The highest BCUT2D eigenvalue weighted by molar-refractivity contribution is 7.88. The second-order valence-electron chi connectivity index (χ2n) is 7.88. The van der Waals surface area contributed by atoms with Crippen molar-refractivity contribution in [3.8, 4) is 0 Å². The van der Waals surface area contributed by atoms with Crippen molar-refractivity contribution in [1.29, 1.82) is 0 Å². The zero-order chi connectivity index (χ0) is 20.3. The average Bonchev–Trinajstić information content (AvgIpc) is 3.02. The highest BCUT2D eigenvalue weighted by atomic mass is 32.2. The Morgan fingerprint density at radius 2 is 1.96 bits per heavy atom. The molecular formula is C21H28N2O3S2. The number of thiophene rings is 1. The molecule has 2 N–H and O–H groups in total. The van der Waals surface area contributed by atoms with E-state index in [1.54, 1.807) is 31.3 Å². The summed E-state index contributed by atoms with van der Waals surface area (Å²) in [7, 11) is -3.42. The lowest BCUT2D eigenvalue weighted by molar-refractivity contribution is 0.0950. The Bertz CT molecular complexity index is 948. The first-order valence-corrected chi connectivity index (χ1v) is 12.2. The number of carbonyl (C=O) groups is 1. The molecule has 5 nitrogen and oxygen atoms in total. The molecule has 0 bridgehead atoms. The Labute approximate surface area is 171 Å². The number of carbonyl (C=O) groups excluding carboxylic acids is 1. The van der Waals surface area contributed by atoms with E-state index in [1.165, 1.54) is 10.4 Å². The first-order valence-electron chi connectivity index (χ1n) is 9.69. The Balaban J connectivity index is 1.69. The van der Waals surface area contributed by atoms with Gasteiger partial charge in [0, 0.05) is 22.8 Å². The maximum absolute atomic E-state index is 12.7. The zero-order valence-corrected chi connectivity index (χ0v) is 18.3. The first-order chi connectivity index (χ1) is 13.2. The van der Waals surface area contributed by atoms with Gasteiger partial charge in [0.05, 0.1) is 11.3 Å². The molecule has 1 aromatic heterocycles. The summed E-state index contributed by atoms with van der Waals surface area (Å²) in [4.78, 5) is 14.1. The molecule has 1 amide bonds. The molecule has 1 heterocycles. The second-order valence-corrected chi connectivity index (χ2v) is 10.6. The lowest BCUT2D eigenvalue weighted by Gasteiger charge is -2.19. The molecular weight excluding hydrogens is 392 g/mol. The Kier molecular flexibility index (Phi) is 6.58. The molecule has 0 aliphatic heterocycles. The van der Waals surface area contributed by atoms with Crippen LogP contribution in [0.25, 0.3) is 0 Å². The second kappa shape index (κ2) is 8.76. The molecule has 28 heavy (non-hydrogen) atoms. The molecule has 0 saturated heterocycles. The molecule has 1 aliphatic rings. The van der Waals surface area contributed by atoms with Crippen LogP contribution in [0.15, 0.2) is 29.6 Å². The zero-order valence-electron chi connectivity index (χ0n) is 16.6. The predicted octanol–water partition coefficient (Wildman–Crippen LogP) is 3.63. The summed E-state index contributed by atoms with van der Waals surface area (Å²) in [6.07, 6.45) is 3.13. The van der Waals surface area contributed by atoms with Gasteiger partial charge in [0.2, 0.25) is 10.0 Å². The maximum Gasteiger partial charge on any atom is 0.252 e. The van der Waals surface area contributed by atoms with E-state index in [0.29, 0.717) is 18.0 Å². The lowest BCUT2D eigenvalue weighted by Crippen LogP contribution is -2.32. The SMILES string of the molecule is CC1CCc2c(C(=O)NCc3ccccc3CS(=O)(=O)NC(C)C)csc2C1. The van der Waals surface area contributed by atoms with E-state index >= 15 is 0 Å². The van der Waals surface area contributed by atoms with Crippen molar-refractivity contribution in [1.82, 2.24) is 10.0 Å².